The number of nitrogens with one attached hydrogen (secondary N) is 1. The van der Waals surface area contributed by atoms with E-state index in [0.717, 1.165) is 19.4 Å². The van der Waals surface area contributed by atoms with Crippen LogP contribution < -0.4 is 10.1 Å². The monoisotopic (exact) mass is 331 g/mol. The summed E-state index contributed by atoms with van der Waals surface area (Å²) in [6, 6.07) is 2.96. The predicted molar refractivity (Wildman–Crippen MR) is 78.3 cm³/mol. The minimum absolute atomic E-state index is 0.0712. The summed E-state index contributed by atoms with van der Waals surface area (Å²) in [5, 5.41) is 3.08. The number of hydrogen-bond donors (Lipinski definition) is 1. The lowest BCUT2D eigenvalue weighted by Gasteiger charge is -2.33. The Hall–Kier alpha value is -1.83. The lowest BCUT2D eigenvalue weighted by molar-refractivity contribution is -0.154. The van der Waals surface area contributed by atoms with E-state index in [0.29, 0.717) is 19.0 Å². The van der Waals surface area contributed by atoms with Gasteiger partial charge < -0.3 is 15.0 Å². The third kappa shape index (κ3) is 5.09. The lowest BCUT2D eigenvalue weighted by atomic mass is 9.97. The molecule has 0 radical (unpaired) electrons. The van der Waals surface area contributed by atoms with Crippen molar-refractivity contribution in [3.8, 4) is 5.88 Å². The summed E-state index contributed by atoms with van der Waals surface area (Å²) in [6.45, 7) is 0.501. The maximum Gasteiger partial charge on any atom is 0.422 e. The van der Waals surface area contributed by atoms with Gasteiger partial charge in [-0.2, -0.15) is 13.2 Å². The maximum absolute atomic E-state index is 12.6. The third-order valence-corrected chi connectivity index (χ3v) is 3.67. The van der Waals surface area contributed by atoms with Crippen molar-refractivity contribution in [3.63, 3.8) is 0 Å². The number of hydrogen-bond acceptors (Lipinski definition) is 4. The number of alkyl halides is 3. The number of rotatable bonds is 5. The van der Waals surface area contributed by atoms with Crippen molar-refractivity contribution >= 4 is 5.91 Å². The first kappa shape index (κ1) is 17.5. The van der Waals surface area contributed by atoms with Gasteiger partial charge >= 0.3 is 6.18 Å². The Balaban J connectivity index is 2.09. The van der Waals surface area contributed by atoms with Gasteiger partial charge in [0.1, 0.15) is 5.56 Å². The summed E-state index contributed by atoms with van der Waals surface area (Å²) in [4.78, 5) is 18.0. The molecule has 1 amide bonds. The zero-order valence-corrected chi connectivity index (χ0v) is 12.9. The number of carbonyl (C=O) groups is 1. The van der Waals surface area contributed by atoms with Gasteiger partial charge in [-0.05, 0) is 44.5 Å². The van der Waals surface area contributed by atoms with Crippen LogP contribution in [0.2, 0.25) is 0 Å². The van der Waals surface area contributed by atoms with E-state index in [9.17, 15) is 18.0 Å². The Morgan fingerprint density at radius 1 is 1.52 bits per heavy atom. The number of likely N-dealkylation sites (tertiary alicyclic amines) is 1. The highest BCUT2D eigenvalue weighted by molar-refractivity contribution is 5.96. The molecule has 1 atom stereocenters. The summed E-state index contributed by atoms with van der Waals surface area (Å²) >= 11 is 0. The molecule has 1 N–H and O–H groups in total. The number of carbonyl (C=O) groups excluding carboxylic acids is 1. The quantitative estimate of drug-likeness (QED) is 0.898. The number of amides is 1. The van der Waals surface area contributed by atoms with Gasteiger partial charge in [-0.1, -0.05) is 0 Å². The molecule has 0 saturated carbocycles. The number of ether oxygens (including phenoxy) is 1. The Bertz CT molecular complexity index is 535. The molecule has 0 aliphatic carbocycles. The fraction of sp³-hybridized carbons (Fsp3) is 0.600. The van der Waals surface area contributed by atoms with Gasteiger partial charge in [-0.25, -0.2) is 4.98 Å². The molecule has 8 heteroatoms. The second-order valence-corrected chi connectivity index (χ2v) is 5.58. The molecular formula is C15H20F3N3O2. The number of nitrogens with zero attached hydrogens (tertiary/aromatic N) is 2. The van der Waals surface area contributed by atoms with Crippen LogP contribution in [0.5, 0.6) is 5.88 Å². The Morgan fingerprint density at radius 3 is 3.00 bits per heavy atom. The Labute approximate surface area is 132 Å². The van der Waals surface area contributed by atoms with Crippen LogP contribution in [0.25, 0.3) is 0 Å². The molecule has 2 rings (SSSR count). The van der Waals surface area contributed by atoms with E-state index < -0.39 is 12.8 Å². The van der Waals surface area contributed by atoms with Gasteiger partial charge in [0.25, 0.3) is 5.91 Å². The highest BCUT2D eigenvalue weighted by Gasteiger charge is 2.31. The Morgan fingerprint density at radius 2 is 2.30 bits per heavy atom. The highest BCUT2D eigenvalue weighted by Crippen LogP contribution is 2.23. The van der Waals surface area contributed by atoms with E-state index in [1.165, 1.54) is 18.3 Å². The number of pyridine rings is 1. The van der Waals surface area contributed by atoms with Crippen molar-refractivity contribution in [1.82, 2.24) is 15.2 Å². The molecule has 1 saturated heterocycles. The normalized spacial score (nSPS) is 18.8. The number of halogens is 3. The summed E-state index contributed by atoms with van der Waals surface area (Å²) in [7, 11) is 1.85. The standard InChI is InChI=1S/C15H20F3N3O2/c1-19-8-11-4-3-7-21(9-11)14(22)12-5-2-6-20-13(12)23-10-15(16,17)18/h2,5-6,11,19H,3-4,7-10H2,1H3. The van der Waals surface area contributed by atoms with Crippen molar-refractivity contribution < 1.29 is 22.7 Å². The van der Waals surface area contributed by atoms with E-state index in [1.54, 1.807) is 4.90 Å². The second-order valence-electron chi connectivity index (χ2n) is 5.58. The molecule has 1 unspecified atom stereocenters. The second kappa shape index (κ2) is 7.63. The van der Waals surface area contributed by atoms with E-state index in [1.807, 2.05) is 7.05 Å². The molecule has 128 valence electrons. The molecule has 0 bridgehead atoms. The zero-order valence-electron chi connectivity index (χ0n) is 12.9. The van der Waals surface area contributed by atoms with E-state index in [-0.39, 0.29) is 17.4 Å². The minimum Gasteiger partial charge on any atom is -0.467 e. The fourth-order valence-electron chi connectivity index (χ4n) is 2.69. The van der Waals surface area contributed by atoms with Gasteiger partial charge in [0.05, 0.1) is 0 Å². The molecule has 1 aliphatic heterocycles. The first-order valence-electron chi connectivity index (χ1n) is 7.49. The van der Waals surface area contributed by atoms with Crippen LogP contribution in [-0.2, 0) is 0 Å². The number of piperidine rings is 1. The van der Waals surface area contributed by atoms with E-state index in [2.05, 4.69) is 10.3 Å². The molecule has 1 aromatic heterocycles. The van der Waals surface area contributed by atoms with E-state index in [4.69, 9.17) is 4.74 Å². The van der Waals surface area contributed by atoms with Crippen LogP contribution in [-0.4, -0.2) is 55.3 Å². The SMILES string of the molecule is CNCC1CCCN(C(=O)c2cccnc2OCC(F)(F)F)C1. The predicted octanol–water partition coefficient (Wildman–Crippen LogP) is 2.09. The molecule has 1 fully saturated rings. The third-order valence-electron chi connectivity index (χ3n) is 3.67. The summed E-state index contributed by atoms with van der Waals surface area (Å²) in [5.74, 6) is -0.268. The van der Waals surface area contributed by atoms with Crippen molar-refractivity contribution in [2.24, 2.45) is 5.92 Å². The van der Waals surface area contributed by atoms with Crippen LogP contribution in [0.15, 0.2) is 18.3 Å². The summed E-state index contributed by atoms with van der Waals surface area (Å²) in [5.41, 5.74) is 0.0712. The first-order valence-corrected chi connectivity index (χ1v) is 7.49. The van der Waals surface area contributed by atoms with Crippen LogP contribution in [0.3, 0.4) is 0 Å². The first-order chi connectivity index (χ1) is 10.9. The molecule has 23 heavy (non-hydrogen) atoms. The summed E-state index contributed by atoms with van der Waals surface area (Å²) in [6.07, 6.45) is -1.27. The van der Waals surface area contributed by atoms with Gasteiger partial charge in [-0.3, -0.25) is 4.79 Å². The molecule has 0 aromatic carbocycles. The highest BCUT2D eigenvalue weighted by atomic mass is 19.4. The van der Waals surface area contributed by atoms with Crippen LogP contribution in [0, 0.1) is 5.92 Å². The smallest absolute Gasteiger partial charge is 0.422 e. The van der Waals surface area contributed by atoms with Crippen LogP contribution in [0.1, 0.15) is 23.2 Å². The van der Waals surface area contributed by atoms with Crippen LogP contribution in [0.4, 0.5) is 13.2 Å². The minimum atomic E-state index is -4.47. The van der Waals surface area contributed by atoms with Crippen molar-refractivity contribution in [2.45, 2.75) is 19.0 Å². The molecular weight excluding hydrogens is 311 g/mol. The molecule has 1 aliphatic rings. The lowest BCUT2D eigenvalue weighted by Crippen LogP contribution is -2.42. The Kier molecular flexibility index (Phi) is 5.81. The van der Waals surface area contributed by atoms with Crippen molar-refractivity contribution in [3.05, 3.63) is 23.9 Å². The molecule has 5 nitrogen and oxygen atoms in total. The van der Waals surface area contributed by atoms with Gasteiger partial charge in [0.15, 0.2) is 6.61 Å². The zero-order chi connectivity index (χ0) is 16.9. The molecule has 2 heterocycles. The largest absolute Gasteiger partial charge is 0.467 e. The summed E-state index contributed by atoms with van der Waals surface area (Å²) < 4.78 is 41.6. The average molecular weight is 331 g/mol. The van der Waals surface area contributed by atoms with Gasteiger partial charge in [0.2, 0.25) is 5.88 Å². The van der Waals surface area contributed by atoms with Crippen LogP contribution >= 0.6 is 0 Å². The van der Waals surface area contributed by atoms with Gasteiger partial charge in [0, 0.05) is 19.3 Å². The van der Waals surface area contributed by atoms with E-state index >= 15 is 0 Å². The number of aromatic nitrogens is 1. The van der Waals surface area contributed by atoms with Crippen molar-refractivity contribution in [1.29, 1.82) is 0 Å². The topological polar surface area (TPSA) is 54.5 Å². The molecule has 1 aromatic rings. The fourth-order valence-corrected chi connectivity index (χ4v) is 2.69. The average Bonchev–Trinajstić information content (AvgIpc) is 2.52. The van der Waals surface area contributed by atoms with Gasteiger partial charge in [-0.15, -0.1) is 0 Å². The van der Waals surface area contributed by atoms with Crippen molar-refractivity contribution in [2.75, 3.05) is 33.3 Å². The maximum atomic E-state index is 12.6. The molecule has 0 spiro atoms.